The molecule has 4 heteroatoms. The van der Waals surface area contributed by atoms with E-state index in [1.807, 2.05) is 18.2 Å². The van der Waals surface area contributed by atoms with Gasteiger partial charge >= 0.3 is 5.97 Å². The summed E-state index contributed by atoms with van der Waals surface area (Å²) in [7, 11) is 1.39. The third kappa shape index (κ3) is 2.48. The number of piperidine rings is 1. The van der Waals surface area contributed by atoms with Crippen LogP contribution in [0, 0.1) is 0 Å². The molecule has 1 heterocycles. The molecule has 1 aliphatic heterocycles. The smallest absolute Gasteiger partial charge is 0.339 e. The monoisotopic (exact) mass is 249 g/mol. The van der Waals surface area contributed by atoms with Gasteiger partial charge in [0.1, 0.15) is 0 Å². The summed E-state index contributed by atoms with van der Waals surface area (Å²) in [6.45, 7) is 0.995. The molecule has 18 heavy (non-hydrogen) atoms. The second kappa shape index (κ2) is 5.87. The maximum absolute atomic E-state index is 11.8. The number of hydrogen-bond acceptors (Lipinski definition) is 4. The standard InChI is InChI=1S/C14H19NO3/c1-18-14(17)12-7-2-3-8-13(12)15-9-5-4-6-11(15)10-16/h2-3,7-8,11,16H,4-6,9-10H2,1H3. The number of esters is 1. The van der Waals surface area contributed by atoms with Crippen molar-refractivity contribution < 1.29 is 14.6 Å². The summed E-state index contributed by atoms with van der Waals surface area (Å²) in [6, 6.07) is 7.52. The van der Waals surface area contributed by atoms with Gasteiger partial charge in [-0.3, -0.25) is 0 Å². The minimum atomic E-state index is -0.326. The Bertz CT molecular complexity index is 419. The summed E-state index contributed by atoms with van der Waals surface area (Å²) in [5.41, 5.74) is 1.43. The van der Waals surface area contributed by atoms with Crippen LogP contribution in [0.2, 0.25) is 0 Å². The van der Waals surface area contributed by atoms with Gasteiger partial charge in [0.25, 0.3) is 0 Å². The van der Waals surface area contributed by atoms with Crippen molar-refractivity contribution in [1.29, 1.82) is 0 Å². The maximum atomic E-state index is 11.8. The maximum Gasteiger partial charge on any atom is 0.339 e. The van der Waals surface area contributed by atoms with Crippen molar-refractivity contribution in [2.45, 2.75) is 25.3 Å². The average Bonchev–Trinajstić information content (AvgIpc) is 2.46. The zero-order chi connectivity index (χ0) is 13.0. The van der Waals surface area contributed by atoms with Gasteiger partial charge in [-0.05, 0) is 31.4 Å². The topological polar surface area (TPSA) is 49.8 Å². The number of aliphatic hydroxyl groups is 1. The van der Waals surface area contributed by atoms with E-state index in [1.165, 1.54) is 7.11 Å². The molecule has 0 saturated carbocycles. The van der Waals surface area contributed by atoms with Crippen molar-refractivity contribution in [3.8, 4) is 0 Å². The van der Waals surface area contributed by atoms with Crippen LogP contribution < -0.4 is 4.90 Å². The minimum absolute atomic E-state index is 0.101. The van der Waals surface area contributed by atoms with Crippen molar-refractivity contribution >= 4 is 11.7 Å². The summed E-state index contributed by atoms with van der Waals surface area (Å²) >= 11 is 0. The SMILES string of the molecule is COC(=O)c1ccccc1N1CCCCC1CO. The zero-order valence-corrected chi connectivity index (χ0v) is 10.6. The van der Waals surface area contributed by atoms with Gasteiger partial charge in [0, 0.05) is 6.54 Å². The lowest BCUT2D eigenvalue weighted by Gasteiger charge is -2.37. The minimum Gasteiger partial charge on any atom is -0.465 e. The van der Waals surface area contributed by atoms with Gasteiger partial charge in [0.2, 0.25) is 0 Å². The highest BCUT2D eigenvalue weighted by molar-refractivity contribution is 5.95. The number of benzene rings is 1. The molecule has 1 aliphatic rings. The number of methoxy groups -OCH3 is 1. The predicted molar refractivity (Wildman–Crippen MR) is 69.9 cm³/mol. The van der Waals surface area contributed by atoms with Crippen LogP contribution in [0.25, 0.3) is 0 Å². The molecule has 98 valence electrons. The summed E-state index contributed by atoms with van der Waals surface area (Å²) in [4.78, 5) is 13.9. The Kier molecular flexibility index (Phi) is 4.20. The number of ether oxygens (including phenoxy) is 1. The fourth-order valence-electron chi connectivity index (χ4n) is 2.51. The molecule has 1 aromatic carbocycles. The Morgan fingerprint density at radius 3 is 2.94 bits per heavy atom. The quantitative estimate of drug-likeness (QED) is 0.830. The zero-order valence-electron chi connectivity index (χ0n) is 10.6. The Morgan fingerprint density at radius 2 is 2.22 bits per heavy atom. The number of carbonyl (C=O) groups is 1. The van der Waals surface area contributed by atoms with E-state index in [9.17, 15) is 9.90 Å². The molecule has 1 unspecified atom stereocenters. The predicted octanol–water partition coefficient (Wildman–Crippen LogP) is 1.82. The molecule has 2 rings (SSSR count). The first-order valence-electron chi connectivity index (χ1n) is 6.32. The Morgan fingerprint density at radius 1 is 1.44 bits per heavy atom. The van der Waals surface area contributed by atoms with Gasteiger partial charge < -0.3 is 14.7 Å². The fourth-order valence-corrected chi connectivity index (χ4v) is 2.51. The first-order chi connectivity index (χ1) is 8.77. The Hall–Kier alpha value is -1.55. The molecule has 0 aromatic heterocycles. The number of anilines is 1. The molecule has 0 radical (unpaired) electrons. The lowest BCUT2D eigenvalue weighted by Crippen LogP contribution is -2.42. The van der Waals surface area contributed by atoms with Crippen LogP contribution in [-0.4, -0.2) is 37.4 Å². The number of carbonyl (C=O) groups excluding carboxylic acids is 1. The van der Waals surface area contributed by atoms with Crippen LogP contribution in [0.4, 0.5) is 5.69 Å². The molecule has 4 nitrogen and oxygen atoms in total. The van der Waals surface area contributed by atoms with Crippen molar-refractivity contribution in [1.82, 2.24) is 0 Å². The van der Waals surface area contributed by atoms with Crippen LogP contribution in [-0.2, 0) is 4.74 Å². The fraction of sp³-hybridized carbons (Fsp3) is 0.500. The first-order valence-corrected chi connectivity index (χ1v) is 6.32. The third-order valence-electron chi connectivity index (χ3n) is 3.46. The molecule has 0 bridgehead atoms. The van der Waals surface area contributed by atoms with E-state index >= 15 is 0 Å². The second-order valence-electron chi connectivity index (χ2n) is 4.53. The highest BCUT2D eigenvalue weighted by atomic mass is 16.5. The van der Waals surface area contributed by atoms with Gasteiger partial charge in [-0.25, -0.2) is 4.79 Å². The van der Waals surface area contributed by atoms with Crippen molar-refractivity contribution in [3.05, 3.63) is 29.8 Å². The van der Waals surface area contributed by atoms with E-state index in [4.69, 9.17) is 4.74 Å². The third-order valence-corrected chi connectivity index (χ3v) is 3.46. The highest BCUT2D eigenvalue weighted by Crippen LogP contribution is 2.28. The number of para-hydroxylation sites is 1. The molecule has 1 saturated heterocycles. The lowest BCUT2D eigenvalue weighted by atomic mass is 10.0. The molecule has 1 atom stereocenters. The Labute approximate surface area is 107 Å². The van der Waals surface area contributed by atoms with Crippen LogP contribution in [0.15, 0.2) is 24.3 Å². The van der Waals surface area contributed by atoms with E-state index in [2.05, 4.69) is 4.90 Å². The van der Waals surface area contributed by atoms with Gasteiger partial charge in [0.15, 0.2) is 0 Å². The Balaban J connectivity index is 2.33. The normalized spacial score (nSPS) is 19.7. The molecule has 0 spiro atoms. The summed E-state index contributed by atoms with van der Waals surface area (Å²) in [5.74, 6) is -0.326. The van der Waals surface area contributed by atoms with Crippen LogP contribution in [0.1, 0.15) is 29.6 Å². The van der Waals surface area contributed by atoms with Gasteiger partial charge in [-0.2, -0.15) is 0 Å². The van der Waals surface area contributed by atoms with E-state index in [1.54, 1.807) is 6.07 Å². The van der Waals surface area contributed by atoms with Crippen LogP contribution >= 0.6 is 0 Å². The van der Waals surface area contributed by atoms with Crippen molar-refractivity contribution in [3.63, 3.8) is 0 Å². The summed E-state index contributed by atoms with van der Waals surface area (Å²) in [5, 5.41) is 9.45. The molecule has 0 aliphatic carbocycles. The summed E-state index contributed by atoms with van der Waals surface area (Å²) in [6.07, 6.45) is 3.18. The molecular formula is C14H19NO3. The van der Waals surface area contributed by atoms with E-state index in [0.29, 0.717) is 5.56 Å². The molecule has 1 aromatic rings. The number of nitrogens with zero attached hydrogens (tertiary/aromatic N) is 1. The number of hydrogen-bond donors (Lipinski definition) is 1. The summed E-state index contributed by atoms with van der Waals surface area (Å²) < 4.78 is 4.81. The average molecular weight is 249 g/mol. The van der Waals surface area contributed by atoms with Crippen LogP contribution in [0.5, 0.6) is 0 Å². The molecule has 0 amide bonds. The molecular weight excluding hydrogens is 230 g/mol. The highest BCUT2D eigenvalue weighted by Gasteiger charge is 2.25. The number of rotatable bonds is 3. The molecule has 1 N–H and O–H groups in total. The first kappa shape index (κ1) is 12.9. The second-order valence-corrected chi connectivity index (χ2v) is 4.53. The lowest BCUT2D eigenvalue weighted by molar-refractivity contribution is 0.0601. The van der Waals surface area contributed by atoms with Crippen LogP contribution in [0.3, 0.4) is 0 Å². The van der Waals surface area contributed by atoms with E-state index in [0.717, 1.165) is 31.5 Å². The van der Waals surface area contributed by atoms with Gasteiger partial charge in [0.05, 0.1) is 31.0 Å². The largest absolute Gasteiger partial charge is 0.465 e. The van der Waals surface area contributed by atoms with Crippen molar-refractivity contribution in [2.75, 3.05) is 25.2 Å². The van der Waals surface area contributed by atoms with Gasteiger partial charge in [-0.15, -0.1) is 0 Å². The molecule has 1 fully saturated rings. The number of aliphatic hydroxyl groups excluding tert-OH is 1. The van der Waals surface area contributed by atoms with Gasteiger partial charge in [-0.1, -0.05) is 12.1 Å². The van der Waals surface area contributed by atoms with E-state index < -0.39 is 0 Å². The van der Waals surface area contributed by atoms with Crippen molar-refractivity contribution in [2.24, 2.45) is 0 Å². The van der Waals surface area contributed by atoms with E-state index in [-0.39, 0.29) is 18.6 Å².